The molecule has 0 radical (unpaired) electrons. The minimum absolute atomic E-state index is 0.185. The van der Waals surface area contributed by atoms with E-state index in [0.717, 1.165) is 43.7 Å². The van der Waals surface area contributed by atoms with Gasteiger partial charge >= 0.3 is 0 Å². The summed E-state index contributed by atoms with van der Waals surface area (Å²) in [6.45, 7) is 2.86. The van der Waals surface area contributed by atoms with Crippen molar-refractivity contribution < 1.29 is 9.50 Å². The molecule has 1 aliphatic rings. The smallest absolute Gasteiger partial charge is 0.123 e. The SMILES string of the molecule is Oc1cccc(N(c2ccsc2)C2CCN(Cc3ccc(F)cc3)CC2)c1. The second kappa shape index (κ2) is 8.11. The van der Waals surface area contributed by atoms with Gasteiger partial charge in [0.2, 0.25) is 0 Å². The molecule has 1 aromatic heterocycles. The third-order valence-electron chi connectivity index (χ3n) is 5.13. The van der Waals surface area contributed by atoms with Crippen LogP contribution in [0.5, 0.6) is 5.75 Å². The summed E-state index contributed by atoms with van der Waals surface area (Å²) in [4.78, 5) is 4.78. The van der Waals surface area contributed by atoms with E-state index in [2.05, 4.69) is 32.7 Å². The van der Waals surface area contributed by atoms with Crippen molar-refractivity contribution in [1.29, 1.82) is 0 Å². The van der Waals surface area contributed by atoms with Crippen LogP contribution < -0.4 is 4.90 Å². The van der Waals surface area contributed by atoms with E-state index in [0.29, 0.717) is 11.8 Å². The lowest BCUT2D eigenvalue weighted by molar-refractivity contribution is 0.205. The van der Waals surface area contributed by atoms with Crippen LogP contribution in [0.2, 0.25) is 0 Å². The first-order valence-corrected chi connectivity index (χ1v) is 10.2. The van der Waals surface area contributed by atoms with E-state index in [1.165, 1.54) is 17.8 Å². The first kappa shape index (κ1) is 18.0. The first-order chi connectivity index (χ1) is 13.2. The number of halogens is 1. The fourth-order valence-electron chi connectivity index (χ4n) is 3.79. The third kappa shape index (κ3) is 4.31. The topological polar surface area (TPSA) is 26.7 Å². The summed E-state index contributed by atoms with van der Waals surface area (Å²) in [7, 11) is 0. The Morgan fingerprint density at radius 2 is 1.81 bits per heavy atom. The molecule has 1 saturated heterocycles. The van der Waals surface area contributed by atoms with E-state index in [-0.39, 0.29) is 5.82 Å². The molecule has 0 spiro atoms. The monoisotopic (exact) mass is 382 g/mol. The minimum atomic E-state index is -0.185. The molecule has 3 nitrogen and oxygen atoms in total. The molecular weight excluding hydrogens is 359 g/mol. The van der Waals surface area contributed by atoms with Gasteiger partial charge in [-0.2, -0.15) is 11.3 Å². The third-order valence-corrected chi connectivity index (χ3v) is 5.80. The molecule has 5 heteroatoms. The van der Waals surface area contributed by atoms with Crippen LogP contribution in [0.1, 0.15) is 18.4 Å². The Kier molecular flexibility index (Phi) is 5.41. The highest BCUT2D eigenvalue weighted by Crippen LogP contribution is 2.35. The van der Waals surface area contributed by atoms with Gasteiger partial charge in [-0.15, -0.1) is 0 Å². The molecule has 1 N–H and O–H groups in total. The second-order valence-electron chi connectivity index (χ2n) is 7.01. The normalized spacial score (nSPS) is 15.7. The predicted octanol–water partition coefficient (Wildman–Crippen LogP) is 5.40. The van der Waals surface area contributed by atoms with Crippen molar-refractivity contribution in [3.8, 4) is 5.75 Å². The van der Waals surface area contributed by atoms with E-state index < -0.39 is 0 Å². The number of hydrogen-bond acceptors (Lipinski definition) is 4. The Morgan fingerprint density at radius 3 is 2.48 bits per heavy atom. The van der Waals surface area contributed by atoms with Crippen LogP contribution in [0.25, 0.3) is 0 Å². The minimum Gasteiger partial charge on any atom is -0.508 e. The van der Waals surface area contributed by atoms with Crippen LogP contribution in [-0.2, 0) is 6.54 Å². The summed E-state index contributed by atoms with van der Waals surface area (Å²) in [5, 5.41) is 14.2. The number of phenolic OH excluding ortho intramolecular Hbond substituents is 1. The molecule has 0 unspecified atom stereocenters. The summed E-state index contributed by atoms with van der Waals surface area (Å²) in [6, 6.07) is 16.8. The highest BCUT2D eigenvalue weighted by molar-refractivity contribution is 7.08. The van der Waals surface area contributed by atoms with Crippen LogP contribution in [0, 0.1) is 5.82 Å². The summed E-state index contributed by atoms with van der Waals surface area (Å²) in [5.41, 5.74) is 3.37. The van der Waals surface area contributed by atoms with Gasteiger partial charge in [0.25, 0.3) is 0 Å². The summed E-state index contributed by atoms with van der Waals surface area (Å²) in [5.74, 6) is 0.108. The molecule has 3 aromatic rings. The van der Waals surface area contributed by atoms with E-state index >= 15 is 0 Å². The molecule has 140 valence electrons. The second-order valence-corrected chi connectivity index (χ2v) is 7.79. The Bertz CT molecular complexity index is 858. The quantitative estimate of drug-likeness (QED) is 0.640. The fraction of sp³-hybridized carbons (Fsp3) is 0.273. The highest BCUT2D eigenvalue weighted by atomic mass is 32.1. The van der Waals surface area contributed by atoms with Gasteiger partial charge < -0.3 is 10.0 Å². The zero-order valence-corrected chi connectivity index (χ0v) is 15.9. The number of hydrogen-bond donors (Lipinski definition) is 1. The molecule has 2 heterocycles. The van der Waals surface area contributed by atoms with E-state index in [1.807, 2.05) is 24.3 Å². The van der Waals surface area contributed by atoms with Crippen molar-refractivity contribution >= 4 is 22.7 Å². The van der Waals surface area contributed by atoms with Crippen LogP contribution in [-0.4, -0.2) is 29.1 Å². The summed E-state index contributed by atoms with van der Waals surface area (Å²) >= 11 is 1.69. The molecule has 0 aliphatic carbocycles. The maximum atomic E-state index is 13.1. The van der Waals surface area contributed by atoms with Crippen LogP contribution in [0.15, 0.2) is 65.4 Å². The van der Waals surface area contributed by atoms with Gasteiger partial charge in [0.05, 0.1) is 5.69 Å². The Morgan fingerprint density at radius 1 is 1.04 bits per heavy atom. The summed E-state index contributed by atoms with van der Waals surface area (Å²) in [6.07, 6.45) is 2.10. The number of benzene rings is 2. The van der Waals surface area contributed by atoms with Gasteiger partial charge in [-0.1, -0.05) is 18.2 Å². The van der Waals surface area contributed by atoms with Crippen molar-refractivity contribution in [3.63, 3.8) is 0 Å². The van der Waals surface area contributed by atoms with Crippen molar-refractivity contribution in [3.05, 3.63) is 76.7 Å². The van der Waals surface area contributed by atoms with Crippen LogP contribution in [0.4, 0.5) is 15.8 Å². The maximum Gasteiger partial charge on any atom is 0.123 e. The fourth-order valence-corrected chi connectivity index (χ4v) is 4.42. The lowest BCUT2D eigenvalue weighted by Gasteiger charge is -2.39. The van der Waals surface area contributed by atoms with Gasteiger partial charge in [0.1, 0.15) is 11.6 Å². The molecular formula is C22H23FN2OS. The number of thiophene rings is 1. The lowest BCUT2D eigenvalue weighted by Crippen LogP contribution is -2.42. The molecule has 0 saturated carbocycles. The van der Waals surface area contributed by atoms with Gasteiger partial charge in [0.15, 0.2) is 0 Å². The number of likely N-dealkylation sites (tertiary alicyclic amines) is 1. The zero-order valence-electron chi connectivity index (χ0n) is 15.1. The number of nitrogens with zero attached hydrogens (tertiary/aromatic N) is 2. The van der Waals surface area contributed by atoms with Gasteiger partial charge in [-0.25, -0.2) is 4.39 Å². The largest absolute Gasteiger partial charge is 0.508 e. The van der Waals surface area contributed by atoms with E-state index in [9.17, 15) is 9.50 Å². The molecule has 2 aromatic carbocycles. The van der Waals surface area contributed by atoms with Crippen molar-refractivity contribution in [1.82, 2.24) is 4.90 Å². The molecule has 1 fully saturated rings. The van der Waals surface area contributed by atoms with Gasteiger partial charge in [0, 0.05) is 42.8 Å². The van der Waals surface area contributed by atoms with Crippen LogP contribution >= 0.6 is 11.3 Å². The maximum absolute atomic E-state index is 13.1. The number of rotatable bonds is 5. The van der Waals surface area contributed by atoms with Crippen LogP contribution in [0.3, 0.4) is 0 Å². The predicted molar refractivity (Wildman–Crippen MR) is 109 cm³/mol. The van der Waals surface area contributed by atoms with Crippen molar-refractivity contribution in [2.45, 2.75) is 25.4 Å². The van der Waals surface area contributed by atoms with E-state index in [4.69, 9.17) is 0 Å². The van der Waals surface area contributed by atoms with Gasteiger partial charge in [-0.05, 0) is 54.1 Å². The standard InChI is InChI=1S/C22H23FN2OS/c23-18-6-4-17(5-7-18)15-24-11-8-19(9-12-24)25(21-10-13-27-16-21)20-2-1-3-22(26)14-20/h1-7,10,13-14,16,19,26H,8-9,11-12,15H2. The number of anilines is 2. The Balaban J connectivity index is 1.46. The number of phenols is 1. The Labute approximate surface area is 163 Å². The molecule has 1 aliphatic heterocycles. The zero-order chi connectivity index (χ0) is 18.6. The number of piperidine rings is 1. The molecule has 0 bridgehead atoms. The summed E-state index contributed by atoms with van der Waals surface area (Å²) < 4.78 is 13.1. The highest BCUT2D eigenvalue weighted by Gasteiger charge is 2.26. The number of aromatic hydroxyl groups is 1. The first-order valence-electron chi connectivity index (χ1n) is 9.26. The molecule has 27 heavy (non-hydrogen) atoms. The van der Waals surface area contributed by atoms with Crippen molar-refractivity contribution in [2.75, 3.05) is 18.0 Å². The van der Waals surface area contributed by atoms with E-state index in [1.54, 1.807) is 17.4 Å². The van der Waals surface area contributed by atoms with Crippen molar-refractivity contribution in [2.24, 2.45) is 0 Å². The lowest BCUT2D eigenvalue weighted by atomic mass is 10.0. The average Bonchev–Trinajstić information content (AvgIpc) is 3.20. The van der Waals surface area contributed by atoms with Gasteiger partial charge in [-0.3, -0.25) is 4.90 Å². The molecule has 0 amide bonds. The molecule has 0 atom stereocenters. The molecule has 4 rings (SSSR count). The average molecular weight is 383 g/mol. The Hall–Kier alpha value is -2.37.